The van der Waals surface area contributed by atoms with Crippen molar-refractivity contribution in [3.05, 3.63) is 35.4 Å². The Labute approximate surface area is 135 Å². The summed E-state index contributed by atoms with van der Waals surface area (Å²) >= 11 is 0. The van der Waals surface area contributed by atoms with Gasteiger partial charge in [-0.15, -0.1) is 0 Å². The molecule has 1 unspecified atom stereocenters. The molecule has 2 nitrogen and oxygen atoms in total. The maximum absolute atomic E-state index is 2.82. The van der Waals surface area contributed by atoms with Crippen LogP contribution in [0.4, 0.5) is 0 Å². The average molecular weight is 298 g/mol. The number of piperidine rings is 1. The Hall–Kier alpha value is -0.860. The molecule has 1 aromatic rings. The second kappa shape index (κ2) is 5.98. The molecule has 0 aromatic heterocycles. The van der Waals surface area contributed by atoms with E-state index < -0.39 is 0 Å². The summed E-state index contributed by atoms with van der Waals surface area (Å²) in [5.74, 6) is 0. The van der Waals surface area contributed by atoms with Crippen LogP contribution in [0.2, 0.25) is 0 Å². The zero-order chi connectivity index (χ0) is 15.0. The fraction of sp³-hybridized carbons (Fsp3) is 0.700. The zero-order valence-corrected chi connectivity index (χ0v) is 14.1. The van der Waals surface area contributed by atoms with Crippen molar-refractivity contribution in [1.82, 2.24) is 9.80 Å². The molecule has 0 bridgehead atoms. The number of rotatable bonds is 3. The molecule has 1 aliphatic carbocycles. The summed E-state index contributed by atoms with van der Waals surface area (Å²) in [4.78, 5) is 5.54. The smallest absolute Gasteiger partial charge is 0.0234 e. The number of hydrogen-bond acceptors (Lipinski definition) is 2. The highest BCUT2D eigenvalue weighted by Crippen LogP contribution is 2.42. The minimum atomic E-state index is 0.609. The van der Waals surface area contributed by atoms with Crippen LogP contribution in [-0.4, -0.2) is 42.0 Å². The van der Waals surface area contributed by atoms with Crippen molar-refractivity contribution in [1.29, 1.82) is 0 Å². The van der Waals surface area contributed by atoms with Crippen molar-refractivity contribution in [3.8, 4) is 0 Å². The van der Waals surface area contributed by atoms with Gasteiger partial charge in [0, 0.05) is 25.7 Å². The Morgan fingerprint density at radius 3 is 2.77 bits per heavy atom. The molecular formula is C20H30N2. The lowest BCUT2D eigenvalue weighted by Gasteiger charge is -2.42. The molecule has 1 spiro atoms. The van der Waals surface area contributed by atoms with Crippen molar-refractivity contribution in [3.63, 3.8) is 0 Å². The van der Waals surface area contributed by atoms with Crippen LogP contribution in [0.15, 0.2) is 24.3 Å². The molecule has 2 aliphatic heterocycles. The van der Waals surface area contributed by atoms with Crippen LogP contribution >= 0.6 is 0 Å². The quantitative estimate of drug-likeness (QED) is 0.836. The molecule has 22 heavy (non-hydrogen) atoms. The van der Waals surface area contributed by atoms with E-state index in [9.17, 15) is 0 Å². The van der Waals surface area contributed by atoms with Crippen LogP contribution in [0.1, 0.15) is 49.7 Å². The van der Waals surface area contributed by atoms with Gasteiger partial charge in [-0.05, 0) is 63.1 Å². The number of hydrogen-bond donors (Lipinski definition) is 0. The largest absolute Gasteiger partial charge is 0.300 e. The minimum Gasteiger partial charge on any atom is -0.300 e. The maximum Gasteiger partial charge on any atom is 0.0234 e. The molecule has 1 atom stereocenters. The van der Waals surface area contributed by atoms with Crippen molar-refractivity contribution in [2.75, 3.05) is 26.2 Å². The number of benzene rings is 1. The fourth-order valence-corrected chi connectivity index (χ4v) is 4.88. The predicted octanol–water partition coefficient (Wildman–Crippen LogP) is 3.84. The SMILES string of the molecule is Cc1cccc(CN2CCCC3(CCN(C4CCC4)C3)C2)c1. The van der Waals surface area contributed by atoms with Gasteiger partial charge in [-0.1, -0.05) is 36.2 Å². The third-order valence-electron chi connectivity index (χ3n) is 6.29. The van der Waals surface area contributed by atoms with E-state index in [2.05, 4.69) is 41.0 Å². The standard InChI is InChI=1S/C20H30N2/c1-17-5-2-6-18(13-17)14-21-11-4-9-20(15-21)10-12-22(16-20)19-7-3-8-19/h2,5-6,13,19H,3-4,7-12,14-16H2,1H3. The van der Waals surface area contributed by atoms with Crippen molar-refractivity contribution < 1.29 is 0 Å². The molecule has 3 fully saturated rings. The van der Waals surface area contributed by atoms with Crippen molar-refractivity contribution in [2.24, 2.45) is 5.41 Å². The molecule has 4 rings (SSSR count). The fourth-order valence-electron chi connectivity index (χ4n) is 4.88. The van der Waals surface area contributed by atoms with Crippen molar-refractivity contribution in [2.45, 2.75) is 58.0 Å². The summed E-state index contributed by atoms with van der Waals surface area (Å²) in [5.41, 5.74) is 3.49. The van der Waals surface area contributed by atoms with Gasteiger partial charge in [0.1, 0.15) is 0 Å². The molecule has 2 saturated heterocycles. The first-order chi connectivity index (χ1) is 10.7. The van der Waals surface area contributed by atoms with Gasteiger partial charge >= 0.3 is 0 Å². The van der Waals surface area contributed by atoms with E-state index in [-0.39, 0.29) is 0 Å². The average Bonchev–Trinajstić information content (AvgIpc) is 2.80. The third-order valence-corrected chi connectivity index (χ3v) is 6.29. The number of aryl methyl sites for hydroxylation is 1. The molecule has 1 saturated carbocycles. The molecule has 2 heterocycles. The third kappa shape index (κ3) is 2.96. The highest BCUT2D eigenvalue weighted by atomic mass is 15.2. The Bertz CT molecular complexity index is 522. The van der Waals surface area contributed by atoms with Crippen LogP contribution in [0.5, 0.6) is 0 Å². The van der Waals surface area contributed by atoms with Crippen LogP contribution < -0.4 is 0 Å². The predicted molar refractivity (Wildman–Crippen MR) is 92.0 cm³/mol. The molecule has 3 aliphatic rings. The van der Waals surface area contributed by atoms with Gasteiger partial charge in [0.25, 0.3) is 0 Å². The zero-order valence-electron chi connectivity index (χ0n) is 14.1. The first kappa shape index (κ1) is 14.7. The Morgan fingerprint density at radius 1 is 1.09 bits per heavy atom. The summed E-state index contributed by atoms with van der Waals surface area (Å²) in [6.07, 6.45) is 8.68. The molecule has 0 amide bonds. The second-order valence-electron chi connectivity index (χ2n) is 8.11. The Balaban J connectivity index is 1.39. The Morgan fingerprint density at radius 2 is 2.00 bits per heavy atom. The van der Waals surface area contributed by atoms with Gasteiger partial charge in [0.05, 0.1) is 0 Å². The Kier molecular flexibility index (Phi) is 4.00. The first-order valence-electron chi connectivity index (χ1n) is 9.24. The van der Waals surface area contributed by atoms with E-state index >= 15 is 0 Å². The van der Waals surface area contributed by atoms with Gasteiger partial charge in [-0.3, -0.25) is 9.80 Å². The highest BCUT2D eigenvalue weighted by Gasteiger charge is 2.43. The minimum absolute atomic E-state index is 0.609. The molecule has 0 N–H and O–H groups in total. The molecule has 120 valence electrons. The lowest BCUT2D eigenvalue weighted by atomic mass is 9.79. The highest BCUT2D eigenvalue weighted by molar-refractivity contribution is 5.22. The molecule has 1 aromatic carbocycles. The lowest BCUT2D eigenvalue weighted by Crippen LogP contribution is -2.46. The second-order valence-corrected chi connectivity index (χ2v) is 8.11. The van der Waals surface area contributed by atoms with Gasteiger partial charge in [-0.25, -0.2) is 0 Å². The number of nitrogens with zero attached hydrogens (tertiary/aromatic N) is 2. The van der Waals surface area contributed by atoms with Crippen LogP contribution in [0.3, 0.4) is 0 Å². The van der Waals surface area contributed by atoms with E-state index in [4.69, 9.17) is 0 Å². The summed E-state index contributed by atoms with van der Waals surface area (Å²) in [5, 5.41) is 0. The number of likely N-dealkylation sites (tertiary alicyclic amines) is 2. The molecular weight excluding hydrogens is 268 g/mol. The van der Waals surface area contributed by atoms with Gasteiger partial charge < -0.3 is 0 Å². The van der Waals surface area contributed by atoms with Crippen LogP contribution in [0, 0.1) is 12.3 Å². The van der Waals surface area contributed by atoms with Gasteiger partial charge in [0.15, 0.2) is 0 Å². The van der Waals surface area contributed by atoms with Crippen LogP contribution in [-0.2, 0) is 6.54 Å². The van der Waals surface area contributed by atoms with E-state index in [1.165, 1.54) is 75.8 Å². The lowest BCUT2D eigenvalue weighted by molar-refractivity contribution is 0.0715. The topological polar surface area (TPSA) is 6.48 Å². The van der Waals surface area contributed by atoms with Crippen LogP contribution in [0.25, 0.3) is 0 Å². The normalized spacial score (nSPS) is 30.8. The summed E-state index contributed by atoms with van der Waals surface area (Å²) in [7, 11) is 0. The van der Waals surface area contributed by atoms with E-state index in [1.807, 2.05) is 0 Å². The van der Waals surface area contributed by atoms with E-state index in [0.29, 0.717) is 5.41 Å². The summed E-state index contributed by atoms with van der Waals surface area (Å²) in [6.45, 7) is 8.70. The summed E-state index contributed by atoms with van der Waals surface area (Å²) < 4.78 is 0. The first-order valence-corrected chi connectivity index (χ1v) is 9.24. The van der Waals surface area contributed by atoms with E-state index in [0.717, 1.165) is 12.6 Å². The van der Waals surface area contributed by atoms with Gasteiger partial charge in [0.2, 0.25) is 0 Å². The van der Waals surface area contributed by atoms with E-state index in [1.54, 1.807) is 0 Å². The van der Waals surface area contributed by atoms with Gasteiger partial charge in [-0.2, -0.15) is 0 Å². The van der Waals surface area contributed by atoms with Crippen molar-refractivity contribution >= 4 is 0 Å². The molecule has 2 heteroatoms. The molecule has 0 radical (unpaired) electrons. The summed E-state index contributed by atoms with van der Waals surface area (Å²) in [6, 6.07) is 10.00. The monoisotopic (exact) mass is 298 g/mol. The maximum atomic E-state index is 2.82.